The lowest BCUT2D eigenvalue weighted by molar-refractivity contribution is 0.103. The molecule has 17 heavy (non-hydrogen) atoms. The fraction of sp³-hybridized carbons (Fsp3) is 0.0833. The topological polar surface area (TPSA) is 29.1 Å². The van der Waals surface area contributed by atoms with Crippen LogP contribution in [-0.4, -0.2) is 5.91 Å². The summed E-state index contributed by atoms with van der Waals surface area (Å²) in [6.07, 6.45) is 0. The number of nitrogens with one attached hydrogen (secondary N) is 1. The van der Waals surface area contributed by atoms with Gasteiger partial charge in [0.25, 0.3) is 5.91 Å². The Morgan fingerprint density at radius 3 is 2.76 bits per heavy atom. The molecule has 0 unspecified atom stereocenters. The lowest BCUT2D eigenvalue weighted by Crippen LogP contribution is -2.11. The van der Waals surface area contributed by atoms with Crippen molar-refractivity contribution in [2.75, 3.05) is 5.32 Å². The van der Waals surface area contributed by atoms with E-state index in [1.807, 2.05) is 25.1 Å². The first-order chi connectivity index (χ1) is 8.08. The van der Waals surface area contributed by atoms with E-state index in [0.717, 1.165) is 15.7 Å². The van der Waals surface area contributed by atoms with Crippen LogP contribution >= 0.6 is 38.9 Å². The minimum Gasteiger partial charge on any atom is -0.320 e. The Kier molecular flexibility index (Phi) is 3.86. The summed E-state index contributed by atoms with van der Waals surface area (Å²) in [4.78, 5) is 12.5. The Hall–Kier alpha value is -0.840. The summed E-state index contributed by atoms with van der Waals surface area (Å²) < 4.78 is 0.860. The van der Waals surface area contributed by atoms with Crippen LogP contribution in [0.5, 0.6) is 0 Å². The van der Waals surface area contributed by atoms with Crippen molar-refractivity contribution in [2.45, 2.75) is 6.92 Å². The largest absolute Gasteiger partial charge is 0.320 e. The Balaban J connectivity index is 2.22. The second kappa shape index (κ2) is 5.21. The molecular weight excluding hydrogens is 322 g/mol. The van der Waals surface area contributed by atoms with E-state index in [2.05, 4.69) is 21.2 Å². The highest BCUT2D eigenvalue weighted by molar-refractivity contribution is 9.10. The molecule has 0 aliphatic rings. The second-order valence-corrected chi connectivity index (χ2v) is 5.71. The van der Waals surface area contributed by atoms with Crippen LogP contribution in [0.25, 0.3) is 0 Å². The van der Waals surface area contributed by atoms with Crippen LogP contribution in [0.2, 0.25) is 5.02 Å². The number of hydrogen-bond donors (Lipinski definition) is 1. The number of rotatable bonds is 2. The average molecular weight is 331 g/mol. The molecule has 0 bridgehead atoms. The quantitative estimate of drug-likeness (QED) is 0.847. The number of carbonyl (C=O) groups excluding carboxylic acids is 1. The van der Waals surface area contributed by atoms with Crippen molar-refractivity contribution in [2.24, 2.45) is 0 Å². The lowest BCUT2D eigenvalue weighted by Gasteiger charge is -2.07. The van der Waals surface area contributed by atoms with Gasteiger partial charge in [-0.25, -0.2) is 0 Å². The average Bonchev–Trinajstić information content (AvgIpc) is 2.68. The van der Waals surface area contributed by atoms with E-state index in [-0.39, 0.29) is 5.91 Å². The van der Waals surface area contributed by atoms with Gasteiger partial charge in [-0.15, -0.1) is 11.3 Å². The lowest BCUT2D eigenvalue weighted by atomic mass is 10.2. The molecule has 0 spiro atoms. The highest BCUT2D eigenvalue weighted by Gasteiger charge is 2.13. The number of benzene rings is 1. The molecule has 2 nitrogen and oxygen atoms in total. The molecule has 0 aliphatic carbocycles. The molecule has 0 fully saturated rings. The predicted octanol–water partition coefficient (Wildman–Crippen LogP) is 4.72. The summed E-state index contributed by atoms with van der Waals surface area (Å²) in [6, 6.07) is 7.46. The van der Waals surface area contributed by atoms with E-state index >= 15 is 0 Å². The Morgan fingerprint density at radius 2 is 2.18 bits per heavy atom. The number of thiophene rings is 1. The summed E-state index contributed by atoms with van der Waals surface area (Å²) in [5.41, 5.74) is 1.87. The second-order valence-electron chi connectivity index (χ2n) is 3.54. The third-order valence-corrected chi connectivity index (χ3v) is 4.19. The Morgan fingerprint density at radius 1 is 1.41 bits per heavy atom. The van der Waals surface area contributed by atoms with Gasteiger partial charge in [-0.3, -0.25) is 4.79 Å². The SMILES string of the molecule is Cc1ccc(NC(=O)c2sccc2Cl)c(Br)c1. The fourth-order valence-electron chi connectivity index (χ4n) is 1.36. The summed E-state index contributed by atoms with van der Waals surface area (Å²) in [6.45, 7) is 1.99. The van der Waals surface area contributed by atoms with Gasteiger partial charge in [-0.1, -0.05) is 17.7 Å². The molecule has 88 valence electrons. The summed E-state index contributed by atoms with van der Waals surface area (Å²) >= 11 is 10.6. The van der Waals surface area contributed by atoms with E-state index in [1.165, 1.54) is 11.3 Å². The summed E-state index contributed by atoms with van der Waals surface area (Å²) in [7, 11) is 0. The Bertz CT molecular complexity index is 567. The van der Waals surface area contributed by atoms with Gasteiger partial charge in [0.2, 0.25) is 0 Å². The molecule has 1 amide bonds. The molecule has 1 heterocycles. The smallest absolute Gasteiger partial charge is 0.267 e. The third kappa shape index (κ3) is 2.89. The van der Waals surface area contributed by atoms with Crippen LogP contribution in [0.1, 0.15) is 15.2 Å². The van der Waals surface area contributed by atoms with Crippen molar-refractivity contribution in [3.05, 3.63) is 49.6 Å². The van der Waals surface area contributed by atoms with Crippen molar-refractivity contribution in [1.82, 2.24) is 0 Å². The first-order valence-corrected chi connectivity index (χ1v) is 6.93. The molecule has 2 aromatic rings. The molecule has 1 aromatic heterocycles. The van der Waals surface area contributed by atoms with Crippen LogP contribution < -0.4 is 5.32 Å². The number of amides is 1. The standard InChI is InChI=1S/C12H9BrClNOS/c1-7-2-3-10(8(13)6-7)15-12(16)11-9(14)4-5-17-11/h2-6H,1H3,(H,15,16). The highest BCUT2D eigenvalue weighted by atomic mass is 79.9. The van der Waals surface area contributed by atoms with Crippen LogP contribution in [0.3, 0.4) is 0 Å². The molecule has 0 atom stereocenters. The van der Waals surface area contributed by atoms with Crippen molar-refractivity contribution in [1.29, 1.82) is 0 Å². The number of halogens is 2. The molecule has 5 heteroatoms. The zero-order chi connectivity index (χ0) is 12.4. The first kappa shape index (κ1) is 12.6. The van der Waals surface area contributed by atoms with Gasteiger partial charge in [0.05, 0.1) is 10.7 Å². The normalized spacial score (nSPS) is 10.3. The van der Waals surface area contributed by atoms with Gasteiger partial charge in [0.1, 0.15) is 4.88 Å². The van der Waals surface area contributed by atoms with Crippen LogP contribution in [0.4, 0.5) is 5.69 Å². The molecular formula is C12H9BrClNOS. The number of hydrogen-bond acceptors (Lipinski definition) is 2. The van der Waals surface area contributed by atoms with E-state index in [0.29, 0.717) is 9.90 Å². The number of carbonyl (C=O) groups is 1. The van der Waals surface area contributed by atoms with Crippen molar-refractivity contribution in [3.63, 3.8) is 0 Å². The van der Waals surface area contributed by atoms with Gasteiger partial charge in [0, 0.05) is 4.47 Å². The van der Waals surface area contributed by atoms with E-state index in [1.54, 1.807) is 11.4 Å². The minimum atomic E-state index is -0.186. The number of anilines is 1. The van der Waals surface area contributed by atoms with E-state index in [9.17, 15) is 4.79 Å². The van der Waals surface area contributed by atoms with Gasteiger partial charge in [0.15, 0.2) is 0 Å². The molecule has 0 saturated carbocycles. The van der Waals surface area contributed by atoms with Gasteiger partial charge >= 0.3 is 0 Å². The van der Waals surface area contributed by atoms with Crippen LogP contribution in [0, 0.1) is 6.92 Å². The molecule has 1 N–H and O–H groups in total. The molecule has 0 radical (unpaired) electrons. The van der Waals surface area contributed by atoms with Crippen LogP contribution in [0.15, 0.2) is 34.1 Å². The first-order valence-electron chi connectivity index (χ1n) is 4.88. The monoisotopic (exact) mass is 329 g/mol. The maximum absolute atomic E-state index is 11.9. The third-order valence-electron chi connectivity index (χ3n) is 2.20. The van der Waals surface area contributed by atoms with E-state index in [4.69, 9.17) is 11.6 Å². The van der Waals surface area contributed by atoms with Crippen molar-refractivity contribution >= 4 is 50.5 Å². The van der Waals surface area contributed by atoms with Crippen molar-refractivity contribution < 1.29 is 4.79 Å². The number of aryl methyl sites for hydroxylation is 1. The van der Waals surface area contributed by atoms with Crippen molar-refractivity contribution in [3.8, 4) is 0 Å². The predicted molar refractivity (Wildman–Crippen MR) is 76.2 cm³/mol. The van der Waals surface area contributed by atoms with E-state index < -0.39 is 0 Å². The maximum atomic E-state index is 11.9. The molecule has 1 aromatic carbocycles. The van der Waals surface area contributed by atoms with Gasteiger partial charge in [-0.05, 0) is 52.0 Å². The zero-order valence-corrected chi connectivity index (χ0v) is 12.1. The molecule has 0 aliphatic heterocycles. The summed E-state index contributed by atoms with van der Waals surface area (Å²) in [5.74, 6) is -0.186. The van der Waals surface area contributed by atoms with Crippen LogP contribution in [-0.2, 0) is 0 Å². The summed E-state index contributed by atoms with van der Waals surface area (Å²) in [5, 5.41) is 5.10. The maximum Gasteiger partial charge on any atom is 0.267 e. The zero-order valence-electron chi connectivity index (χ0n) is 8.96. The molecule has 0 saturated heterocycles. The Labute approximate surface area is 117 Å². The molecule has 2 rings (SSSR count). The minimum absolute atomic E-state index is 0.186. The highest BCUT2D eigenvalue weighted by Crippen LogP contribution is 2.27. The fourth-order valence-corrected chi connectivity index (χ4v) is 2.98. The van der Waals surface area contributed by atoms with Gasteiger partial charge < -0.3 is 5.32 Å². The van der Waals surface area contributed by atoms with Gasteiger partial charge in [-0.2, -0.15) is 0 Å².